The molecule has 32 heavy (non-hydrogen) atoms. The van der Waals surface area contributed by atoms with Crippen molar-refractivity contribution in [3.05, 3.63) is 0 Å². The highest BCUT2D eigenvalue weighted by Gasteiger charge is 2.32. The summed E-state index contributed by atoms with van der Waals surface area (Å²) in [5.74, 6) is 0. The van der Waals surface area contributed by atoms with Crippen LogP contribution in [0.1, 0.15) is 67.2 Å². The Kier molecular flexibility index (Phi) is 22.4. The predicted octanol–water partition coefficient (Wildman–Crippen LogP) is 1.56. The Morgan fingerprint density at radius 2 is 1.25 bits per heavy atom. The fraction of sp³-hybridized carbons (Fsp3) is 1.00. The zero-order valence-corrected chi connectivity index (χ0v) is 22.1. The van der Waals surface area contributed by atoms with Gasteiger partial charge in [0, 0.05) is 32.8 Å². The molecule has 2 saturated heterocycles. The van der Waals surface area contributed by atoms with Crippen molar-refractivity contribution in [1.82, 2.24) is 10.6 Å². The quantitative estimate of drug-likeness (QED) is 0.361. The van der Waals surface area contributed by atoms with E-state index in [0.717, 1.165) is 25.7 Å². The van der Waals surface area contributed by atoms with Gasteiger partial charge in [0.1, 0.15) is 0 Å². The number of nitrogens with one attached hydrogen (secondary N) is 2. The maximum absolute atomic E-state index is 8.71. The van der Waals surface area contributed by atoms with E-state index in [1.54, 1.807) is 14.2 Å². The maximum Gasteiger partial charge on any atom is 0.172 e. The van der Waals surface area contributed by atoms with Crippen LogP contribution >= 0.6 is 0 Å². The second-order valence-corrected chi connectivity index (χ2v) is 7.58. The normalized spacial score (nSPS) is 31.5. The predicted molar refractivity (Wildman–Crippen MR) is 132 cm³/mol. The minimum Gasteiger partial charge on any atom is -0.395 e. The van der Waals surface area contributed by atoms with Crippen LogP contribution in [0.25, 0.3) is 0 Å². The molecule has 9 heteroatoms. The molecule has 2 fully saturated rings. The van der Waals surface area contributed by atoms with E-state index in [4.69, 9.17) is 35.5 Å². The Bertz CT molecular complexity index is 409. The lowest BCUT2D eigenvalue weighted by Crippen LogP contribution is -2.51. The third-order valence-electron chi connectivity index (χ3n) is 5.50. The molecule has 0 saturated carbocycles. The first kappa shape index (κ1) is 33.8. The summed E-state index contributed by atoms with van der Waals surface area (Å²) in [4.78, 5) is 0. The fourth-order valence-corrected chi connectivity index (χ4v) is 3.47. The summed E-state index contributed by atoms with van der Waals surface area (Å²) in [7, 11) is 5.18. The number of aliphatic hydroxyl groups excluding tert-OH is 1. The van der Waals surface area contributed by atoms with Crippen LogP contribution in [0.15, 0.2) is 0 Å². The first-order valence-electron chi connectivity index (χ1n) is 12.3. The number of ether oxygens (including phenoxy) is 4. The highest BCUT2D eigenvalue weighted by Crippen LogP contribution is 2.21. The van der Waals surface area contributed by atoms with E-state index in [1.165, 1.54) is 0 Å². The number of nitrogens with two attached hydrogens (primary N) is 2. The highest BCUT2D eigenvalue weighted by molar-refractivity contribution is 4.82. The lowest BCUT2D eigenvalue weighted by molar-refractivity contribution is -0.194. The standard InChI is InChI=1S/C10H22N2O3.C9H20N2O2.2C2H6/c1-7(12-5-6-13)9-4-3-8(11)10(14-2)15-9;1-6(11-2)8-5-4-7(10)9(12-3)13-8;2*1-2/h7-10,12-13H,3-6,11H2,1-2H3;6-9,11H,4-5,10H2,1-3H3;2*1-2H3/t7?,8-,9?,10+;6?,7-,8?,9+;;/m11../s1. The Hall–Kier alpha value is -0.360. The molecule has 0 aliphatic carbocycles. The van der Waals surface area contributed by atoms with Gasteiger partial charge in [-0.3, -0.25) is 0 Å². The number of aliphatic hydroxyl groups is 1. The SMILES string of the molecule is CC.CC.CNC(C)C1CC[C@@H](N)[C@@H](OC)O1.CO[C@H]1OC(C(C)NCCO)CC[C@H]1N. The smallest absolute Gasteiger partial charge is 0.172 e. The van der Waals surface area contributed by atoms with E-state index in [9.17, 15) is 0 Å². The van der Waals surface area contributed by atoms with Crippen molar-refractivity contribution in [2.45, 2.75) is 116 Å². The Morgan fingerprint density at radius 1 is 0.844 bits per heavy atom. The van der Waals surface area contributed by atoms with Crippen LogP contribution in [-0.2, 0) is 18.9 Å². The van der Waals surface area contributed by atoms with E-state index in [2.05, 4.69) is 17.6 Å². The van der Waals surface area contributed by atoms with Crippen LogP contribution in [0.4, 0.5) is 0 Å². The van der Waals surface area contributed by atoms with Gasteiger partial charge in [-0.2, -0.15) is 0 Å². The van der Waals surface area contributed by atoms with Crippen molar-refractivity contribution in [2.24, 2.45) is 11.5 Å². The molecule has 2 aliphatic heterocycles. The zero-order chi connectivity index (χ0) is 25.1. The van der Waals surface area contributed by atoms with E-state index in [0.29, 0.717) is 12.6 Å². The number of rotatable bonds is 8. The van der Waals surface area contributed by atoms with Gasteiger partial charge in [-0.15, -0.1) is 0 Å². The molecular weight excluding hydrogens is 412 g/mol. The van der Waals surface area contributed by atoms with Gasteiger partial charge >= 0.3 is 0 Å². The third-order valence-corrected chi connectivity index (χ3v) is 5.50. The second-order valence-electron chi connectivity index (χ2n) is 7.58. The van der Waals surface area contributed by atoms with Crippen molar-refractivity contribution in [2.75, 3.05) is 34.4 Å². The molecule has 0 amide bonds. The molecule has 0 radical (unpaired) electrons. The zero-order valence-electron chi connectivity index (χ0n) is 22.1. The lowest BCUT2D eigenvalue weighted by Gasteiger charge is -2.36. The molecule has 9 nitrogen and oxygen atoms in total. The number of hydrogen-bond donors (Lipinski definition) is 5. The van der Waals surface area contributed by atoms with Gasteiger partial charge in [0.05, 0.1) is 30.9 Å². The molecule has 2 rings (SSSR count). The molecule has 4 unspecified atom stereocenters. The minimum absolute atomic E-state index is 0.0188. The summed E-state index contributed by atoms with van der Waals surface area (Å²) in [6.07, 6.45) is 3.60. The van der Waals surface area contributed by atoms with Gasteiger partial charge in [0.25, 0.3) is 0 Å². The first-order chi connectivity index (χ1) is 15.4. The number of likely N-dealkylation sites (N-methyl/N-ethyl adjacent to an activating group) is 1. The maximum atomic E-state index is 8.71. The van der Waals surface area contributed by atoms with Gasteiger partial charge in [-0.05, 0) is 46.6 Å². The monoisotopic (exact) mass is 466 g/mol. The Balaban J connectivity index is 0. The minimum atomic E-state index is -0.304. The third kappa shape index (κ3) is 12.8. The summed E-state index contributed by atoms with van der Waals surface area (Å²) in [5, 5.41) is 15.1. The summed E-state index contributed by atoms with van der Waals surface area (Å²) in [5.41, 5.74) is 11.7. The molecule has 8 atom stereocenters. The molecule has 7 N–H and O–H groups in total. The van der Waals surface area contributed by atoms with Gasteiger partial charge < -0.3 is 46.2 Å². The Labute approximate surface area is 197 Å². The molecule has 0 aromatic rings. The summed E-state index contributed by atoms with van der Waals surface area (Å²) in [6, 6.07) is 0.550. The van der Waals surface area contributed by atoms with E-state index >= 15 is 0 Å². The van der Waals surface area contributed by atoms with Crippen LogP contribution < -0.4 is 22.1 Å². The molecular formula is C23H54N4O5. The first-order valence-corrected chi connectivity index (χ1v) is 12.3. The molecule has 0 aromatic carbocycles. The summed E-state index contributed by atoms with van der Waals surface area (Å²) < 4.78 is 21.7. The molecule has 2 heterocycles. The van der Waals surface area contributed by atoms with Crippen LogP contribution in [0, 0.1) is 0 Å². The van der Waals surface area contributed by atoms with Gasteiger partial charge in [-0.25, -0.2) is 0 Å². The lowest BCUT2D eigenvalue weighted by atomic mass is 10.00. The number of methoxy groups -OCH3 is 2. The van der Waals surface area contributed by atoms with E-state index in [1.807, 2.05) is 41.7 Å². The summed E-state index contributed by atoms with van der Waals surface area (Å²) >= 11 is 0. The molecule has 0 bridgehead atoms. The van der Waals surface area contributed by atoms with E-state index in [-0.39, 0.29) is 49.5 Å². The summed E-state index contributed by atoms with van der Waals surface area (Å²) in [6.45, 7) is 12.9. The number of hydrogen-bond acceptors (Lipinski definition) is 9. The van der Waals surface area contributed by atoms with Crippen molar-refractivity contribution < 1.29 is 24.1 Å². The Morgan fingerprint density at radius 3 is 1.59 bits per heavy atom. The van der Waals surface area contributed by atoms with Crippen molar-refractivity contribution >= 4 is 0 Å². The highest BCUT2D eigenvalue weighted by atomic mass is 16.7. The van der Waals surface area contributed by atoms with Crippen molar-refractivity contribution in [3.63, 3.8) is 0 Å². The largest absolute Gasteiger partial charge is 0.395 e. The second kappa shape index (κ2) is 21.2. The van der Waals surface area contributed by atoms with Crippen LogP contribution in [-0.4, -0.2) is 88.5 Å². The van der Waals surface area contributed by atoms with Crippen LogP contribution in [0.3, 0.4) is 0 Å². The molecule has 0 aromatic heterocycles. The van der Waals surface area contributed by atoms with Gasteiger partial charge in [0.15, 0.2) is 12.6 Å². The average molecular weight is 467 g/mol. The van der Waals surface area contributed by atoms with Gasteiger partial charge in [0.2, 0.25) is 0 Å². The van der Waals surface area contributed by atoms with Crippen molar-refractivity contribution in [1.29, 1.82) is 0 Å². The average Bonchev–Trinajstić information content (AvgIpc) is 2.85. The topological polar surface area (TPSA) is 133 Å². The van der Waals surface area contributed by atoms with Crippen LogP contribution in [0.2, 0.25) is 0 Å². The molecule has 196 valence electrons. The molecule has 2 aliphatic rings. The van der Waals surface area contributed by atoms with Crippen molar-refractivity contribution in [3.8, 4) is 0 Å². The van der Waals surface area contributed by atoms with E-state index < -0.39 is 0 Å². The molecule has 0 spiro atoms. The van der Waals surface area contributed by atoms with Gasteiger partial charge in [-0.1, -0.05) is 27.7 Å². The fourth-order valence-electron chi connectivity index (χ4n) is 3.47. The van der Waals surface area contributed by atoms with Crippen LogP contribution in [0.5, 0.6) is 0 Å².